The second-order valence-corrected chi connectivity index (χ2v) is 1.92. The van der Waals surface area contributed by atoms with Crippen LogP contribution in [0.3, 0.4) is 0 Å². The fraction of sp³-hybridized carbons (Fsp3) is 0.833. The summed E-state index contributed by atoms with van der Waals surface area (Å²) in [5, 5.41) is 14.3. The van der Waals surface area contributed by atoms with Gasteiger partial charge in [0.1, 0.15) is 0 Å². The molecule has 0 bridgehead atoms. The molecule has 1 atom stereocenters. The number of aliphatic hydroxyl groups excluding tert-OH is 1. The topological polar surface area (TPSA) is 49.7 Å². The first-order valence-corrected chi connectivity index (χ1v) is 3.26. The standard InChI is InChI=1S/C6H11F2O2.FHO.Rf/c1-2-5(9)3-10-4-6(7)8;1-2;/h5,9H,2-4H2,1H3;2H;/q-1;;. The largest absolute Gasteiger partial charge is 0.419 e. The van der Waals surface area contributed by atoms with Gasteiger partial charge in [0.2, 0.25) is 0 Å². The number of ether oxygens (including phenoxy) is 1. The summed E-state index contributed by atoms with van der Waals surface area (Å²) in [6.07, 6.45) is -1.86. The Hall–Kier alpha value is -1.33. The van der Waals surface area contributed by atoms with Gasteiger partial charge >= 0.3 is 0 Å². The molecule has 0 saturated heterocycles. The molecule has 78 valence electrons. The molecule has 13 heavy (non-hydrogen) atoms. The molecule has 2 N–H and O–H groups in total. The summed E-state index contributed by atoms with van der Waals surface area (Å²) in [6, 6.07) is 0. The third kappa shape index (κ3) is 18.0. The Morgan fingerprint density at radius 1 is 1.38 bits per heavy atom. The van der Waals surface area contributed by atoms with Gasteiger partial charge in [-0.3, -0.25) is 0 Å². The Morgan fingerprint density at radius 2 is 1.85 bits per heavy atom. The first-order valence-electron chi connectivity index (χ1n) is 3.26. The Balaban J connectivity index is -0.000000309. The van der Waals surface area contributed by atoms with Crippen LogP contribution in [0.15, 0.2) is 0 Å². The minimum Gasteiger partial charge on any atom is -0.419 e. The zero-order valence-corrected chi connectivity index (χ0v) is 13.7. The van der Waals surface area contributed by atoms with Crippen LogP contribution in [0.5, 0.6) is 0 Å². The van der Waals surface area contributed by atoms with Crippen molar-refractivity contribution in [1.82, 2.24) is 0 Å². The van der Waals surface area contributed by atoms with E-state index < -0.39 is 19.1 Å². The van der Waals surface area contributed by atoms with E-state index in [1.807, 2.05) is 0 Å². The second kappa shape index (κ2) is 13.3. The predicted molar refractivity (Wildman–Crippen MR) is 35.9 cm³/mol. The van der Waals surface area contributed by atoms with Gasteiger partial charge in [-0.15, -0.1) is 0 Å². The fourth-order valence-corrected chi connectivity index (χ4v) is 0.390. The van der Waals surface area contributed by atoms with Crippen molar-refractivity contribution in [2.24, 2.45) is 0 Å². The second-order valence-electron chi connectivity index (χ2n) is 1.92. The maximum Gasteiger partial charge on any atom is 0.0769 e. The molecule has 1 unspecified atom stereocenters. The summed E-state index contributed by atoms with van der Waals surface area (Å²) in [4.78, 5) is 0. The van der Waals surface area contributed by atoms with Gasteiger partial charge in [-0.25, -0.2) is 5.31 Å². The number of rotatable bonds is 5. The summed E-state index contributed by atoms with van der Waals surface area (Å²) in [7, 11) is 0. The molecule has 7 heteroatoms. The molecule has 0 saturated carbocycles. The molecule has 0 radical (unpaired) electrons. The van der Waals surface area contributed by atoms with Crippen molar-refractivity contribution in [2.75, 3.05) is 13.2 Å². The van der Waals surface area contributed by atoms with E-state index in [-0.39, 0.29) is 6.61 Å². The minimum absolute atomic E-state index is 0. The smallest absolute Gasteiger partial charge is 0.0769 e. The van der Waals surface area contributed by atoms with Gasteiger partial charge in [0.05, 0.1) is 12.7 Å². The van der Waals surface area contributed by atoms with E-state index >= 15 is 0 Å². The number of halogens is 3. The van der Waals surface area contributed by atoms with Gasteiger partial charge in [-0.2, -0.15) is 0 Å². The van der Waals surface area contributed by atoms with E-state index in [9.17, 15) is 8.78 Å². The van der Waals surface area contributed by atoms with Crippen LogP contribution in [-0.4, -0.2) is 29.7 Å². The maximum absolute atomic E-state index is 11.3. The molecule has 0 rings (SSSR count). The van der Waals surface area contributed by atoms with E-state index in [1.54, 1.807) is 6.92 Å². The summed E-state index contributed by atoms with van der Waals surface area (Å²) >= 11 is 0. The Bertz CT molecular complexity index is 87.5. The van der Waals surface area contributed by atoms with Crippen molar-refractivity contribution in [3.05, 3.63) is 6.43 Å². The van der Waals surface area contributed by atoms with Crippen LogP contribution >= 0.6 is 0 Å². The van der Waals surface area contributed by atoms with E-state index in [0.29, 0.717) is 6.42 Å². The fourth-order valence-electron chi connectivity index (χ4n) is 0.390. The number of hydrogen-bond acceptors (Lipinski definition) is 3. The average Bonchev–Trinajstić information content (AvgIpc) is 2.07. The zero-order valence-electron chi connectivity index (χ0n) is 7.34. The van der Waals surface area contributed by atoms with Crippen molar-refractivity contribution < 1.29 is 28.5 Å². The summed E-state index contributed by atoms with van der Waals surface area (Å²) < 4.78 is 35.5. The number of aliphatic hydroxyl groups is 1. The van der Waals surface area contributed by atoms with Crippen LogP contribution in [0.2, 0.25) is 0 Å². The van der Waals surface area contributed by atoms with Gasteiger partial charge in [-0.1, -0.05) is 11.4 Å². The predicted octanol–water partition coefficient (Wildman–Crippen LogP) is 1.07. The molecule has 0 spiro atoms. The van der Waals surface area contributed by atoms with Crippen LogP contribution in [0.4, 0.5) is 13.3 Å². The molecule has 0 aliphatic heterocycles. The van der Waals surface area contributed by atoms with Crippen molar-refractivity contribution in [1.29, 1.82) is 0 Å². The van der Waals surface area contributed by atoms with Crippen molar-refractivity contribution in [3.63, 3.8) is 0 Å². The summed E-state index contributed by atoms with van der Waals surface area (Å²) in [6.45, 7) is 1.06. The first kappa shape index (κ1) is 17.7. The third-order valence-electron chi connectivity index (χ3n) is 0.993. The Labute approximate surface area is 68.7 Å². The van der Waals surface area contributed by atoms with Crippen LogP contribution in [0.25, 0.3) is 0 Å². The van der Waals surface area contributed by atoms with E-state index in [2.05, 4.69) is 4.74 Å². The third-order valence-corrected chi connectivity index (χ3v) is 0.993. The molecular formula is C6H12F3O3Rf-. The molecule has 0 aromatic carbocycles. The Morgan fingerprint density at radius 3 is 2.15 bits per heavy atom. The van der Waals surface area contributed by atoms with Crippen LogP contribution in [0, 0.1) is 6.43 Å². The van der Waals surface area contributed by atoms with Gasteiger partial charge < -0.3 is 18.6 Å². The molecule has 0 amide bonds. The van der Waals surface area contributed by atoms with E-state index in [1.165, 1.54) is 0 Å². The van der Waals surface area contributed by atoms with Gasteiger partial charge in [-0.05, 0) is 13.0 Å². The van der Waals surface area contributed by atoms with E-state index in [0.717, 1.165) is 0 Å². The molecular weight excluding hydrogens is 444 g/mol. The minimum atomic E-state index is -1.76. The maximum atomic E-state index is 11.3. The molecule has 0 fully saturated rings. The van der Waals surface area contributed by atoms with E-state index in [4.69, 9.17) is 14.9 Å². The molecule has 0 aliphatic carbocycles. The molecule has 0 heterocycles. The van der Waals surface area contributed by atoms with Gasteiger partial charge in [0.15, 0.2) is 0 Å². The van der Waals surface area contributed by atoms with Gasteiger partial charge in [0, 0.05) is 6.43 Å². The quantitative estimate of drug-likeness (QED) is 0.609. The Kier molecular flexibility index (Phi) is 18.0. The summed E-state index contributed by atoms with van der Waals surface area (Å²) in [5.74, 6) is 0. The average molecular weight is 456 g/mol. The van der Waals surface area contributed by atoms with Crippen LogP contribution < -0.4 is 0 Å². The molecule has 0 aliphatic rings. The van der Waals surface area contributed by atoms with Crippen molar-refractivity contribution >= 4 is 0 Å². The molecule has 0 aromatic rings. The van der Waals surface area contributed by atoms with Crippen molar-refractivity contribution in [3.8, 4) is 0 Å². The monoisotopic (exact) mass is 456 g/mol. The zero-order chi connectivity index (χ0) is 9.98. The molecule has 0 aromatic heterocycles. The van der Waals surface area contributed by atoms with Crippen molar-refractivity contribution in [2.45, 2.75) is 19.4 Å². The normalized spacial score (nSPS) is 11.3. The SMILES string of the molecule is CCC(O)COC[C-](F)F.OF.[Rf]. The van der Waals surface area contributed by atoms with Crippen LogP contribution in [0.1, 0.15) is 13.3 Å². The first-order chi connectivity index (χ1) is 5.66. The van der Waals surface area contributed by atoms with Gasteiger partial charge in [0.25, 0.3) is 0 Å². The van der Waals surface area contributed by atoms with Crippen LogP contribution in [-0.2, 0) is 4.74 Å². The number of hydrogen-bond donors (Lipinski definition) is 2. The summed E-state index contributed by atoms with van der Waals surface area (Å²) in [5.41, 5.74) is 0. The molecule has 3 nitrogen and oxygen atoms in total.